The molecule has 2 N–H and O–H groups in total. The van der Waals surface area contributed by atoms with Crippen molar-refractivity contribution in [1.29, 1.82) is 0 Å². The minimum atomic E-state index is 0.0809. The Morgan fingerprint density at radius 2 is 2.25 bits per heavy atom. The van der Waals surface area contributed by atoms with Gasteiger partial charge in [0.05, 0.1) is 0 Å². The molecule has 16 heavy (non-hydrogen) atoms. The standard InChI is InChI=1S/C13H21N3/c1-10(14)11-4-6-15-12(8-11)16-7-5-13(2,3)9-16/h4,6,8,10H,5,7,9,14H2,1-3H3/t10-/m0/s1. The van der Waals surface area contributed by atoms with E-state index in [-0.39, 0.29) is 6.04 Å². The second kappa shape index (κ2) is 4.06. The third kappa shape index (κ3) is 2.35. The molecule has 0 bridgehead atoms. The lowest BCUT2D eigenvalue weighted by atomic mass is 9.93. The highest BCUT2D eigenvalue weighted by Gasteiger charge is 2.29. The maximum Gasteiger partial charge on any atom is 0.128 e. The Bertz CT molecular complexity index is 371. The van der Waals surface area contributed by atoms with Crippen molar-refractivity contribution in [3.63, 3.8) is 0 Å². The molecule has 1 aromatic rings. The first kappa shape index (κ1) is 11.4. The summed E-state index contributed by atoms with van der Waals surface area (Å²) in [5.41, 5.74) is 7.46. The molecule has 0 radical (unpaired) electrons. The zero-order chi connectivity index (χ0) is 11.8. The molecule has 3 nitrogen and oxygen atoms in total. The summed E-state index contributed by atoms with van der Waals surface area (Å²) in [6.07, 6.45) is 3.09. The molecule has 1 atom stereocenters. The third-order valence-corrected chi connectivity index (χ3v) is 3.30. The number of nitrogens with zero attached hydrogens (tertiary/aromatic N) is 2. The number of hydrogen-bond acceptors (Lipinski definition) is 3. The van der Waals surface area contributed by atoms with Gasteiger partial charge in [-0.05, 0) is 36.5 Å². The molecule has 1 aliphatic rings. The Balaban J connectivity index is 2.19. The maximum absolute atomic E-state index is 5.89. The van der Waals surface area contributed by atoms with E-state index in [0.717, 1.165) is 24.5 Å². The number of nitrogens with two attached hydrogens (primary N) is 1. The fourth-order valence-electron chi connectivity index (χ4n) is 2.20. The Labute approximate surface area is 97.7 Å². The minimum absolute atomic E-state index is 0.0809. The topological polar surface area (TPSA) is 42.1 Å². The van der Waals surface area contributed by atoms with E-state index in [4.69, 9.17) is 5.73 Å². The average Bonchev–Trinajstić information content (AvgIpc) is 2.59. The van der Waals surface area contributed by atoms with Crippen LogP contribution in [0.5, 0.6) is 0 Å². The molecular weight excluding hydrogens is 198 g/mol. The lowest BCUT2D eigenvalue weighted by Gasteiger charge is -2.21. The third-order valence-electron chi connectivity index (χ3n) is 3.30. The van der Waals surface area contributed by atoms with E-state index < -0.39 is 0 Å². The minimum Gasteiger partial charge on any atom is -0.356 e. The van der Waals surface area contributed by atoms with Gasteiger partial charge in [0.2, 0.25) is 0 Å². The van der Waals surface area contributed by atoms with Crippen molar-refractivity contribution in [2.24, 2.45) is 11.1 Å². The monoisotopic (exact) mass is 219 g/mol. The van der Waals surface area contributed by atoms with E-state index in [1.54, 1.807) is 0 Å². The summed E-state index contributed by atoms with van der Waals surface area (Å²) in [7, 11) is 0. The molecule has 0 saturated carbocycles. The molecule has 2 rings (SSSR count). The summed E-state index contributed by atoms with van der Waals surface area (Å²) in [5.74, 6) is 1.07. The predicted molar refractivity (Wildman–Crippen MR) is 67.5 cm³/mol. The zero-order valence-electron chi connectivity index (χ0n) is 10.4. The molecule has 1 aliphatic heterocycles. The van der Waals surface area contributed by atoms with Crippen LogP contribution < -0.4 is 10.6 Å². The van der Waals surface area contributed by atoms with Gasteiger partial charge in [-0.1, -0.05) is 13.8 Å². The molecular formula is C13H21N3. The van der Waals surface area contributed by atoms with Crippen molar-refractivity contribution in [1.82, 2.24) is 4.98 Å². The van der Waals surface area contributed by atoms with Gasteiger partial charge in [0.1, 0.15) is 5.82 Å². The van der Waals surface area contributed by atoms with Gasteiger partial charge in [-0.2, -0.15) is 0 Å². The summed E-state index contributed by atoms with van der Waals surface area (Å²) in [4.78, 5) is 6.79. The van der Waals surface area contributed by atoms with Crippen LogP contribution in [0.25, 0.3) is 0 Å². The maximum atomic E-state index is 5.89. The number of rotatable bonds is 2. The molecule has 1 saturated heterocycles. The van der Waals surface area contributed by atoms with Gasteiger partial charge in [-0.3, -0.25) is 0 Å². The number of aromatic nitrogens is 1. The first-order valence-corrected chi connectivity index (χ1v) is 5.94. The SMILES string of the molecule is C[C@H](N)c1ccnc(N2CCC(C)(C)C2)c1. The van der Waals surface area contributed by atoms with Gasteiger partial charge in [0, 0.05) is 25.3 Å². The molecule has 0 aliphatic carbocycles. The van der Waals surface area contributed by atoms with Crippen LogP contribution in [0.4, 0.5) is 5.82 Å². The van der Waals surface area contributed by atoms with Crippen molar-refractivity contribution in [2.45, 2.75) is 33.2 Å². The van der Waals surface area contributed by atoms with Gasteiger partial charge < -0.3 is 10.6 Å². The van der Waals surface area contributed by atoms with Crippen molar-refractivity contribution in [2.75, 3.05) is 18.0 Å². The van der Waals surface area contributed by atoms with Crippen molar-refractivity contribution >= 4 is 5.82 Å². The van der Waals surface area contributed by atoms with E-state index >= 15 is 0 Å². The van der Waals surface area contributed by atoms with Gasteiger partial charge in [0.15, 0.2) is 0 Å². The summed E-state index contributed by atoms with van der Waals surface area (Å²) < 4.78 is 0. The van der Waals surface area contributed by atoms with Gasteiger partial charge in [-0.15, -0.1) is 0 Å². The lowest BCUT2D eigenvalue weighted by Crippen LogP contribution is -2.23. The van der Waals surface area contributed by atoms with E-state index in [1.165, 1.54) is 6.42 Å². The largest absolute Gasteiger partial charge is 0.356 e. The van der Waals surface area contributed by atoms with E-state index in [0.29, 0.717) is 5.41 Å². The predicted octanol–water partition coefficient (Wildman–Crippen LogP) is 2.34. The van der Waals surface area contributed by atoms with Gasteiger partial charge in [0.25, 0.3) is 0 Å². The normalized spacial score (nSPS) is 21.1. The van der Waals surface area contributed by atoms with E-state index in [2.05, 4.69) is 29.8 Å². The molecule has 1 fully saturated rings. The zero-order valence-corrected chi connectivity index (χ0v) is 10.4. The Kier molecular flexibility index (Phi) is 2.89. The molecule has 0 unspecified atom stereocenters. The van der Waals surface area contributed by atoms with Crippen molar-refractivity contribution in [3.05, 3.63) is 23.9 Å². The van der Waals surface area contributed by atoms with Crippen LogP contribution in [-0.2, 0) is 0 Å². The molecule has 0 spiro atoms. The first-order chi connectivity index (χ1) is 7.48. The summed E-state index contributed by atoms with van der Waals surface area (Å²) in [6.45, 7) is 8.81. The van der Waals surface area contributed by atoms with Crippen LogP contribution in [0.3, 0.4) is 0 Å². The van der Waals surface area contributed by atoms with Crippen LogP contribution in [0.15, 0.2) is 18.3 Å². The van der Waals surface area contributed by atoms with Gasteiger partial charge in [-0.25, -0.2) is 4.98 Å². The highest BCUT2D eigenvalue weighted by Crippen LogP contribution is 2.31. The fourth-order valence-corrected chi connectivity index (χ4v) is 2.20. The highest BCUT2D eigenvalue weighted by atomic mass is 15.2. The number of pyridine rings is 1. The van der Waals surface area contributed by atoms with Crippen LogP contribution in [-0.4, -0.2) is 18.1 Å². The molecule has 1 aromatic heterocycles. The summed E-state index contributed by atoms with van der Waals surface area (Å²) >= 11 is 0. The van der Waals surface area contributed by atoms with Crippen molar-refractivity contribution in [3.8, 4) is 0 Å². The van der Waals surface area contributed by atoms with Crippen molar-refractivity contribution < 1.29 is 0 Å². The average molecular weight is 219 g/mol. The van der Waals surface area contributed by atoms with E-state index in [1.807, 2.05) is 19.2 Å². The van der Waals surface area contributed by atoms with Crippen LogP contribution in [0.1, 0.15) is 38.8 Å². The van der Waals surface area contributed by atoms with Crippen LogP contribution >= 0.6 is 0 Å². The summed E-state index contributed by atoms with van der Waals surface area (Å²) in [6, 6.07) is 4.19. The number of hydrogen-bond donors (Lipinski definition) is 1. The Hall–Kier alpha value is -1.09. The summed E-state index contributed by atoms with van der Waals surface area (Å²) in [5, 5.41) is 0. The number of anilines is 1. The Morgan fingerprint density at radius 3 is 2.81 bits per heavy atom. The molecule has 88 valence electrons. The molecule has 0 aromatic carbocycles. The van der Waals surface area contributed by atoms with Crippen LogP contribution in [0, 0.1) is 5.41 Å². The van der Waals surface area contributed by atoms with E-state index in [9.17, 15) is 0 Å². The quantitative estimate of drug-likeness (QED) is 0.830. The fraction of sp³-hybridized carbons (Fsp3) is 0.615. The molecule has 2 heterocycles. The van der Waals surface area contributed by atoms with Crippen LogP contribution in [0.2, 0.25) is 0 Å². The van der Waals surface area contributed by atoms with Gasteiger partial charge >= 0.3 is 0 Å². The molecule has 0 amide bonds. The second-order valence-electron chi connectivity index (χ2n) is 5.57. The lowest BCUT2D eigenvalue weighted by molar-refractivity contribution is 0.418. The molecule has 3 heteroatoms. The first-order valence-electron chi connectivity index (χ1n) is 5.94. The second-order valence-corrected chi connectivity index (χ2v) is 5.57. The smallest absolute Gasteiger partial charge is 0.128 e. The highest BCUT2D eigenvalue weighted by molar-refractivity contribution is 5.43. The Morgan fingerprint density at radius 1 is 1.50 bits per heavy atom.